The van der Waals surface area contributed by atoms with E-state index in [1.54, 1.807) is 12.3 Å². The fourth-order valence-corrected chi connectivity index (χ4v) is 2.24. The van der Waals surface area contributed by atoms with Crippen molar-refractivity contribution >= 4 is 10.9 Å². The maximum atomic E-state index is 13.2. The first-order valence-electron chi connectivity index (χ1n) is 5.71. The van der Waals surface area contributed by atoms with Crippen LogP contribution in [0.2, 0.25) is 0 Å². The highest BCUT2D eigenvalue weighted by Gasteiger charge is 2.13. The number of rotatable bonds is 2. The normalized spacial score (nSPS) is 11.3. The molecule has 0 spiro atoms. The van der Waals surface area contributed by atoms with Gasteiger partial charge in [0, 0.05) is 22.2 Å². The van der Waals surface area contributed by atoms with Crippen molar-refractivity contribution in [3.8, 4) is 11.3 Å². The van der Waals surface area contributed by atoms with Crippen LogP contribution in [0.1, 0.15) is 11.5 Å². The third-order valence-electron chi connectivity index (χ3n) is 3.04. The van der Waals surface area contributed by atoms with Gasteiger partial charge in [-0.25, -0.2) is 9.37 Å². The summed E-state index contributed by atoms with van der Waals surface area (Å²) in [7, 11) is 0. The monoisotopic (exact) mass is 244 g/mol. The summed E-state index contributed by atoms with van der Waals surface area (Å²) >= 11 is 0. The number of hydrogen-bond donors (Lipinski definition) is 3. The molecule has 2 heterocycles. The van der Waals surface area contributed by atoms with Gasteiger partial charge in [-0.15, -0.1) is 0 Å². The Labute approximate surface area is 103 Å². The second-order valence-electron chi connectivity index (χ2n) is 4.26. The standard InChI is InChI=1S/C13H13FN4/c1-7-13(11-6-16-12(5-15)18-11)9-3-2-8(14)4-10(9)17-7/h2-4,6,17H,5,15H2,1H3,(H,16,18). The fourth-order valence-electron chi connectivity index (χ4n) is 2.24. The Kier molecular flexibility index (Phi) is 2.41. The number of halogens is 1. The fraction of sp³-hybridized carbons (Fsp3) is 0.154. The molecule has 0 aliphatic carbocycles. The van der Waals surface area contributed by atoms with Crippen LogP contribution in [0.15, 0.2) is 24.4 Å². The molecule has 5 heteroatoms. The van der Waals surface area contributed by atoms with E-state index in [-0.39, 0.29) is 5.82 Å². The average Bonchev–Trinajstić information content (AvgIpc) is 2.91. The Hall–Kier alpha value is -2.14. The lowest BCUT2D eigenvalue weighted by Gasteiger charge is -1.97. The third kappa shape index (κ3) is 1.60. The van der Waals surface area contributed by atoms with Crippen molar-refractivity contribution < 1.29 is 4.39 Å². The summed E-state index contributed by atoms with van der Waals surface area (Å²) in [6, 6.07) is 4.72. The molecule has 4 nitrogen and oxygen atoms in total. The number of H-pyrrole nitrogens is 2. The molecule has 1 aromatic carbocycles. The second kappa shape index (κ2) is 3.96. The minimum absolute atomic E-state index is 0.248. The number of nitrogens with one attached hydrogen (secondary N) is 2. The van der Waals surface area contributed by atoms with Gasteiger partial charge in [-0.1, -0.05) is 0 Å². The molecule has 2 aromatic heterocycles. The number of nitrogens with two attached hydrogens (primary N) is 1. The van der Waals surface area contributed by atoms with E-state index in [9.17, 15) is 4.39 Å². The highest BCUT2D eigenvalue weighted by Crippen LogP contribution is 2.31. The Balaban J connectivity index is 2.24. The molecule has 0 aliphatic heterocycles. The molecule has 0 saturated heterocycles. The first-order valence-corrected chi connectivity index (χ1v) is 5.71. The molecule has 0 bridgehead atoms. The largest absolute Gasteiger partial charge is 0.358 e. The Morgan fingerprint density at radius 1 is 1.33 bits per heavy atom. The molecular formula is C13H13FN4. The van der Waals surface area contributed by atoms with Gasteiger partial charge in [0.1, 0.15) is 11.6 Å². The van der Waals surface area contributed by atoms with Crippen LogP contribution in [-0.4, -0.2) is 15.0 Å². The molecule has 0 saturated carbocycles. The van der Waals surface area contributed by atoms with Crippen molar-refractivity contribution in [1.29, 1.82) is 0 Å². The molecule has 0 fully saturated rings. The lowest BCUT2D eigenvalue weighted by atomic mass is 10.1. The number of aryl methyl sites for hydroxylation is 1. The molecule has 0 amide bonds. The van der Waals surface area contributed by atoms with E-state index in [2.05, 4.69) is 15.0 Å². The van der Waals surface area contributed by atoms with E-state index >= 15 is 0 Å². The van der Waals surface area contributed by atoms with Crippen LogP contribution in [0.5, 0.6) is 0 Å². The molecule has 0 aliphatic rings. The first kappa shape index (κ1) is 11.0. The first-order chi connectivity index (χ1) is 8.69. The van der Waals surface area contributed by atoms with Gasteiger partial charge >= 0.3 is 0 Å². The molecule has 18 heavy (non-hydrogen) atoms. The highest BCUT2D eigenvalue weighted by molar-refractivity contribution is 5.96. The van der Waals surface area contributed by atoms with Gasteiger partial charge in [0.05, 0.1) is 18.4 Å². The number of imidazole rings is 1. The van der Waals surface area contributed by atoms with Gasteiger partial charge in [0.2, 0.25) is 0 Å². The molecule has 0 unspecified atom stereocenters. The highest BCUT2D eigenvalue weighted by atomic mass is 19.1. The number of fused-ring (bicyclic) bond motifs is 1. The minimum Gasteiger partial charge on any atom is -0.358 e. The molecule has 3 aromatic rings. The molecule has 4 N–H and O–H groups in total. The SMILES string of the molecule is Cc1[nH]c2cc(F)ccc2c1-c1cnc(CN)[nH]1. The summed E-state index contributed by atoms with van der Waals surface area (Å²) in [5.74, 6) is 0.489. The van der Waals surface area contributed by atoms with Crippen molar-refractivity contribution in [3.05, 3.63) is 41.7 Å². The molecule has 3 rings (SSSR count). The van der Waals surface area contributed by atoms with Gasteiger partial charge in [-0.3, -0.25) is 0 Å². The van der Waals surface area contributed by atoms with E-state index in [0.29, 0.717) is 6.54 Å². The molecule has 0 radical (unpaired) electrons. The summed E-state index contributed by atoms with van der Waals surface area (Å²) < 4.78 is 13.2. The van der Waals surface area contributed by atoms with Crippen LogP contribution in [0.4, 0.5) is 4.39 Å². The minimum atomic E-state index is -0.248. The summed E-state index contributed by atoms with van der Waals surface area (Å²) in [5.41, 5.74) is 9.20. The topological polar surface area (TPSA) is 70.5 Å². The zero-order valence-corrected chi connectivity index (χ0v) is 9.92. The van der Waals surface area contributed by atoms with Gasteiger partial charge in [0.25, 0.3) is 0 Å². The maximum absolute atomic E-state index is 13.2. The zero-order valence-electron chi connectivity index (χ0n) is 9.92. The number of nitrogens with zero attached hydrogens (tertiary/aromatic N) is 1. The van der Waals surface area contributed by atoms with Crippen molar-refractivity contribution in [2.24, 2.45) is 5.73 Å². The lowest BCUT2D eigenvalue weighted by molar-refractivity contribution is 0.629. The van der Waals surface area contributed by atoms with E-state index < -0.39 is 0 Å². The average molecular weight is 244 g/mol. The van der Waals surface area contributed by atoms with Crippen LogP contribution in [0.3, 0.4) is 0 Å². The van der Waals surface area contributed by atoms with Gasteiger partial charge in [-0.2, -0.15) is 0 Å². The van der Waals surface area contributed by atoms with E-state index in [0.717, 1.165) is 33.7 Å². The van der Waals surface area contributed by atoms with E-state index in [1.807, 2.05) is 6.92 Å². The van der Waals surface area contributed by atoms with Crippen LogP contribution in [0, 0.1) is 12.7 Å². The van der Waals surface area contributed by atoms with Crippen molar-refractivity contribution in [1.82, 2.24) is 15.0 Å². The van der Waals surface area contributed by atoms with Gasteiger partial charge < -0.3 is 15.7 Å². The predicted octanol–water partition coefficient (Wildman–Crippen LogP) is 2.46. The summed E-state index contributed by atoms with van der Waals surface area (Å²) in [6.45, 7) is 2.33. The summed E-state index contributed by atoms with van der Waals surface area (Å²) in [6.07, 6.45) is 1.75. The summed E-state index contributed by atoms with van der Waals surface area (Å²) in [5, 5.41) is 0.973. The lowest BCUT2D eigenvalue weighted by Crippen LogP contribution is -1.97. The number of hydrogen-bond acceptors (Lipinski definition) is 2. The van der Waals surface area contributed by atoms with Crippen LogP contribution < -0.4 is 5.73 Å². The zero-order chi connectivity index (χ0) is 12.7. The van der Waals surface area contributed by atoms with Gasteiger partial charge in [0.15, 0.2) is 0 Å². The Morgan fingerprint density at radius 2 is 2.17 bits per heavy atom. The molecular weight excluding hydrogens is 231 g/mol. The van der Waals surface area contributed by atoms with Crippen LogP contribution in [-0.2, 0) is 6.54 Å². The third-order valence-corrected chi connectivity index (χ3v) is 3.04. The van der Waals surface area contributed by atoms with Crippen LogP contribution >= 0.6 is 0 Å². The number of aromatic amines is 2. The predicted molar refractivity (Wildman–Crippen MR) is 68.5 cm³/mol. The van der Waals surface area contributed by atoms with Crippen LogP contribution in [0.25, 0.3) is 22.2 Å². The summed E-state index contributed by atoms with van der Waals surface area (Å²) in [4.78, 5) is 10.5. The van der Waals surface area contributed by atoms with E-state index in [1.165, 1.54) is 12.1 Å². The smallest absolute Gasteiger partial charge is 0.125 e. The van der Waals surface area contributed by atoms with E-state index in [4.69, 9.17) is 5.73 Å². The Bertz CT molecular complexity index is 711. The van der Waals surface area contributed by atoms with Crippen molar-refractivity contribution in [2.75, 3.05) is 0 Å². The molecule has 0 atom stereocenters. The second-order valence-corrected chi connectivity index (χ2v) is 4.26. The maximum Gasteiger partial charge on any atom is 0.125 e. The quantitative estimate of drug-likeness (QED) is 0.648. The van der Waals surface area contributed by atoms with Gasteiger partial charge in [-0.05, 0) is 25.1 Å². The van der Waals surface area contributed by atoms with Crippen molar-refractivity contribution in [2.45, 2.75) is 13.5 Å². The number of aromatic nitrogens is 3. The van der Waals surface area contributed by atoms with Crippen molar-refractivity contribution in [3.63, 3.8) is 0 Å². The Morgan fingerprint density at radius 3 is 2.89 bits per heavy atom. The molecule has 92 valence electrons. The number of benzene rings is 1.